The molecule has 0 aliphatic rings. The fourth-order valence-corrected chi connectivity index (χ4v) is 0.953. The molecule has 0 saturated heterocycles. The summed E-state index contributed by atoms with van der Waals surface area (Å²) < 4.78 is 0. The van der Waals surface area contributed by atoms with E-state index in [-0.39, 0.29) is 6.42 Å². The fourth-order valence-electron chi connectivity index (χ4n) is 0.827. The van der Waals surface area contributed by atoms with Crippen LogP contribution in [0.2, 0.25) is 5.02 Å². The lowest BCUT2D eigenvalue weighted by Crippen LogP contribution is -1.97. The van der Waals surface area contributed by atoms with Crippen molar-refractivity contribution in [3.63, 3.8) is 0 Å². The van der Waals surface area contributed by atoms with Gasteiger partial charge in [0.05, 0.1) is 0 Å². The van der Waals surface area contributed by atoms with Crippen LogP contribution in [0.25, 0.3) is 0 Å². The van der Waals surface area contributed by atoms with E-state index >= 15 is 0 Å². The lowest BCUT2D eigenvalue weighted by Gasteiger charge is -1.94. The molecule has 0 radical (unpaired) electrons. The predicted molar refractivity (Wildman–Crippen MR) is 45.8 cm³/mol. The molecular weight excluding hydrogens is 174 g/mol. The van der Waals surface area contributed by atoms with Crippen molar-refractivity contribution in [3.8, 4) is 6.07 Å². The Kier molecular flexibility index (Phi) is 2.84. The van der Waals surface area contributed by atoms with Crippen molar-refractivity contribution in [1.82, 2.24) is 0 Å². The third-order valence-electron chi connectivity index (χ3n) is 1.40. The minimum absolute atomic E-state index is 0.160. The zero-order valence-corrected chi connectivity index (χ0v) is 7.01. The second-order valence-corrected chi connectivity index (χ2v) is 2.77. The van der Waals surface area contributed by atoms with Crippen LogP contribution >= 0.6 is 11.6 Å². The standard InChI is InChI=1S/C9H6ClNO/c10-8-3-1-7(2-4-8)5-9(12)6-11/h1-4H,5H2. The lowest BCUT2D eigenvalue weighted by molar-refractivity contribution is -0.113. The molecule has 0 N–H and O–H groups in total. The average molecular weight is 180 g/mol. The first-order chi connectivity index (χ1) is 5.72. The summed E-state index contributed by atoms with van der Waals surface area (Å²) >= 11 is 5.63. The molecule has 1 aromatic rings. The van der Waals surface area contributed by atoms with Crippen molar-refractivity contribution >= 4 is 17.4 Å². The molecule has 3 heteroatoms. The molecule has 1 rings (SSSR count). The van der Waals surface area contributed by atoms with Crippen molar-refractivity contribution in [1.29, 1.82) is 5.26 Å². The first kappa shape index (κ1) is 8.76. The van der Waals surface area contributed by atoms with E-state index in [2.05, 4.69) is 0 Å². The summed E-state index contributed by atoms with van der Waals surface area (Å²) in [6.07, 6.45) is 0.160. The monoisotopic (exact) mass is 179 g/mol. The van der Waals surface area contributed by atoms with Gasteiger partial charge in [0.1, 0.15) is 6.07 Å². The number of ketones is 1. The highest BCUT2D eigenvalue weighted by Crippen LogP contribution is 2.09. The molecule has 0 bridgehead atoms. The first-order valence-corrected chi connectivity index (χ1v) is 3.77. The molecule has 0 amide bonds. The van der Waals surface area contributed by atoms with Gasteiger partial charge in [-0.2, -0.15) is 5.26 Å². The van der Waals surface area contributed by atoms with Gasteiger partial charge < -0.3 is 0 Å². The Hall–Kier alpha value is -1.33. The van der Waals surface area contributed by atoms with Crippen LogP contribution in [0.4, 0.5) is 0 Å². The molecule has 60 valence electrons. The number of Topliss-reactive ketones (excluding diaryl/α,β-unsaturated/α-hetero) is 1. The van der Waals surface area contributed by atoms with Crippen LogP contribution in [0, 0.1) is 11.3 Å². The Morgan fingerprint density at radius 3 is 2.50 bits per heavy atom. The van der Waals surface area contributed by atoms with Gasteiger partial charge >= 0.3 is 0 Å². The number of halogens is 1. The maximum absolute atomic E-state index is 10.7. The number of carbonyl (C=O) groups is 1. The molecule has 0 unspecified atom stereocenters. The smallest absolute Gasteiger partial charge is 0.236 e. The van der Waals surface area contributed by atoms with E-state index in [0.717, 1.165) is 5.56 Å². The van der Waals surface area contributed by atoms with E-state index in [0.29, 0.717) is 5.02 Å². The SMILES string of the molecule is N#CC(=O)Cc1ccc(Cl)cc1. The van der Waals surface area contributed by atoms with Gasteiger partial charge in [-0.15, -0.1) is 0 Å². The zero-order valence-electron chi connectivity index (χ0n) is 6.25. The maximum Gasteiger partial charge on any atom is 0.236 e. The molecule has 0 spiro atoms. The molecule has 0 aromatic heterocycles. The van der Waals surface area contributed by atoms with E-state index in [4.69, 9.17) is 16.9 Å². The minimum atomic E-state index is -0.433. The second kappa shape index (κ2) is 3.89. The van der Waals surface area contributed by atoms with Crippen LogP contribution < -0.4 is 0 Å². The largest absolute Gasteiger partial charge is 0.282 e. The summed E-state index contributed by atoms with van der Waals surface area (Å²) in [5.41, 5.74) is 0.811. The van der Waals surface area contributed by atoms with E-state index in [1.165, 1.54) is 0 Å². The molecular formula is C9H6ClNO. The normalized spacial score (nSPS) is 9.00. The van der Waals surface area contributed by atoms with Crippen LogP contribution in [-0.2, 0) is 11.2 Å². The Bertz CT molecular complexity index is 323. The Balaban J connectivity index is 2.73. The fraction of sp³-hybridized carbons (Fsp3) is 0.111. The number of hydrogen-bond acceptors (Lipinski definition) is 2. The molecule has 0 aliphatic carbocycles. The molecule has 0 fully saturated rings. The number of hydrogen-bond donors (Lipinski definition) is 0. The quantitative estimate of drug-likeness (QED) is 0.652. The maximum atomic E-state index is 10.7. The highest BCUT2D eigenvalue weighted by molar-refractivity contribution is 6.30. The number of rotatable bonds is 2. The molecule has 0 saturated carbocycles. The van der Waals surface area contributed by atoms with Gasteiger partial charge in [-0.1, -0.05) is 23.7 Å². The van der Waals surface area contributed by atoms with Crippen molar-refractivity contribution < 1.29 is 4.79 Å². The Morgan fingerprint density at radius 2 is 2.00 bits per heavy atom. The summed E-state index contributed by atoms with van der Waals surface area (Å²) in [7, 11) is 0. The Morgan fingerprint density at radius 1 is 1.42 bits per heavy atom. The van der Waals surface area contributed by atoms with E-state index in [9.17, 15) is 4.79 Å². The molecule has 1 aromatic carbocycles. The summed E-state index contributed by atoms with van der Waals surface area (Å²) in [5, 5.41) is 8.85. The van der Waals surface area contributed by atoms with Crippen molar-refractivity contribution in [2.75, 3.05) is 0 Å². The summed E-state index contributed by atoms with van der Waals surface area (Å²) in [4.78, 5) is 10.7. The van der Waals surface area contributed by atoms with Crippen LogP contribution in [0.15, 0.2) is 24.3 Å². The van der Waals surface area contributed by atoms with Gasteiger partial charge in [-0.25, -0.2) is 0 Å². The van der Waals surface area contributed by atoms with Crippen LogP contribution in [0.1, 0.15) is 5.56 Å². The van der Waals surface area contributed by atoms with E-state index in [1.54, 1.807) is 30.3 Å². The highest BCUT2D eigenvalue weighted by Gasteiger charge is 2.00. The number of nitriles is 1. The molecule has 0 atom stereocenters. The molecule has 2 nitrogen and oxygen atoms in total. The molecule has 0 aliphatic heterocycles. The number of benzene rings is 1. The predicted octanol–water partition coefficient (Wildman–Crippen LogP) is 1.98. The zero-order chi connectivity index (χ0) is 8.97. The molecule has 0 heterocycles. The van der Waals surface area contributed by atoms with Crippen molar-refractivity contribution in [3.05, 3.63) is 34.9 Å². The van der Waals surface area contributed by atoms with Crippen LogP contribution in [0.3, 0.4) is 0 Å². The molecule has 12 heavy (non-hydrogen) atoms. The third-order valence-corrected chi connectivity index (χ3v) is 1.65. The first-order valence-electron chi connectivity index (χ1n) is 3.40. The van der Waals surface area contributed by atoms with Gasteiger partial charge in [0.2, 0.25) is 5.78 Å². The van der Waals surface area contributed by atoms with Gasteiger partial charge in [0, 0.05) is 11.4 Å². The van der Waals surface area contributed by atoms with Gasteiger partial charge in [-0.3, -0.25) is 4.79 Å². The van der Waals surface area contributed by atoms with Crippen LogP contribution in [0.5, 0.6) is 0 Å². The second-order valence-electron chi connectivity index (χ2n) is 2.34. The average Bonchev–Trinajstić information content (AvgIpc) is 2.09. The lowest BCUT2D eigenvalue weighted by atomic mass is 10.1. The van der Waals surface area contributed by atoms with Gasteiger partial charge in [0.15, 0.2) is 0 Å². The highest BCUT2D eigenvalue weighted by atomic mass is 35.5. The van der Waals surface area contributed by atoms with Crippen LogP contribution in [-0.4, -0.2) is 5.78 Å². The van der Waals surface area contributed by atoms with Crippen molar-refractivity contribution in [2.45, 2.75) is 6.42 Å². The van der Waals surface area contributed by atoms with Crippen molar-refractivity contribution in [2.24, 2.45) is 0 Å². The number of carbonyl (C=O) groups excluding carboxylic acids is 1. The van der Waals surface area contributed by atoms with Gasteiger partial charge in [-0.05, 0) is 17.7 Å². The summed E-state index contributed by atoms with van der Waals surface area (Å²) in [6, 6.07) is 8.42. The van der Waals surface area contributed by atoms with E-state index in [1.807, 2.05) is 0 Å². The minimum Gasteiger partial charge on any atom is -0.282 e. The number of nitrogens with zero attached hydrogens (tertiary/aromatic N) is 1. The topological polar surface area (TPSA) is 40.9 Å². The summed E-state index contributed by atoms with van der Waals surface area (Å²) in [6.45, 7) is 0. The summed E-state index contributed by atoms with van der Waals surface area (Å²) in [5.74, 6) is -0.433. The third kappa shape index (κ3) is 2.37. The van der Waals surface area contributed by atoms with E-state index < -0.39 is 5.78 Å². The Labute approximate surface area is 75.4 Å². The van der Waals surface area contributed by atoms with Gasteiger partial charge in [0.25, 0.3) is 0 Å².